The van der Waals surface area contributed by atoms with Crippen LogP contribution in [0.3, 0.4) is 0 Å². The van der Waals surface area contributed by atoms with Crippen LogP contribution in [0.25, 0.3) is 5.65 Å². The Kier molecular flexibility index (Phi) is 5.63. The van der Waals surface area contributed by atoms with Crippen LogP contribution in [-0.2, 0) is 0 Å². The van der Waals surface area contributed by atoms with Crippen LogP contribution in [-0.4, -0.2) is 28.5 Å². The molecule has 0 fully saturated rings. The zero-order valence-corrected chi connectivity index (χ0v) is 16.4. The number of pyridine rings is 1. The van der Waals surface area contributed by atoms with Gasteiger partial charge in [-0.2, -0.15) is 0 Å². The fourth-order valence-corrected chi connectivity index (χ4v) is 2.93. The molecule has 0 spiro atoms. The van der Waals surface area contributed by atoms with Gasteiger partial charge in [-0.3, -0.25) is 14.0 Å². The van der Waals surface area contributed by atoms with Crippen LogP contribution in [0.1, 0.15) is 35.5 Å². The fourth-order valence-electron chi connectivity index (χ4n) is 2.93. The summed E-state index contributed by atoms with van der Waals surface area (Å²) in [6, 6.07) is 8.58. The van der Waals surface area contributed by atoms with Gasteiger partial charge in [0.25, 0.3) is 11.5 Å². The highest BCUT2D eigenvalue weighted by molar-refractivity contribution is 6.04. The summed E-state index contributed by atoms with van der Waals surface area (Å²) in [5.41, 5.74) is 2.11. The molecule has 7 heteroatoms. The van der Waals surface area contributed by atoms with Gasteiger partial charge < -0.3 is 14.8 Å². The van der Waals surface area contributed by atoms with Gasteiger partial charge in [0.15, 0.2) is 11.5 Å². The molecular formula is C21H23N3O4. The van der Waals surface area contributed by atoms with E-state index in [1.807, 2.05) is 26.8 Å². The van der Waals surface area contributed by atoms with Crippen LogP contribution in [0.4, 0.5) is 5.69 Å². The first-order chi connectivity index (χ1) is 13.5. The second kappa shape index (κ2) is 8.12. The van der Waals surface area contributed by atoms with Crippen molar-refractivity contribution in [3.63, 3.8) is 0 Å². The Morgan fingerprint density at radius 3 is 2.54 bits per heavy atom. The molecule has 0 aliphatic heterocycles. The molecule has 7 nitrogen and oxygen atoms in total. The van der Waals surface area contributed by atoms with Gasteiger partial charge in [0.1, 0.15) is 11.3 Å². The monoisotopic (exact) mass is 381 g/mol. The minimum absolute atomic E-state index is 0.153. The van der Waals surface area contributed by atoms with E-state index < -0.39 is 5.91 Å². The number of ether oxygens (including phenoxy) is 2. The number of carbonyl (C=O) groups excluding carboxylic acids is 1. The number of hydrogen-bond donors (Lipinski definition) is 1. The maximum absolute atomic E-state index is 12.8. The number of fused-ring (bicyclic) bond motifs is 1. The number of nitrogens with one attached hydrogen (secondary N) is 1. The normalized spacial score (nSPS) is 10.7. The van der Waals surface area contributed by atoms with Crippen LogP contribution in [0.2, 0.25) is 0 Å². The average molecular weight is 381 g/mol. The van der Waals surface area contributed by atoms with Crippen molar-refractivity contribution in [3.8, 4) is 11.5 Å². The summed E-state index contributed by atoms with van der Waals surface area (Å²) in [4.78, 5) is 30.1. The van der Waals surface area contributed by atoms with E-state index >= 15 is 0 Å². The van der Waals surface area contributed by atoms with Gasteiger partial charge in [-0.1, -0.05) is 6.07 Å². The maximum atomic E-state index is 12.8. The molecule has 1 N–H and O–H groups in total. The van der Waals surface area contributed by atoms with Gasteiger partial charge in [-0.05, 0) is 57.5 Å². The lowest BCUT2D eigenvalue weighted by Gasteiger charge is -2.13. The largest absolute Gasteiger partial charge is 0.490 e. The molecule has 0 unspecified atom stereocenters. The Morgan fingerprint density at radius 1 is 1.11 bits per heavy atom. The summed E-state index contributed by atoms with van der Waals surface area (Å²) in [5.74, 6) is 0.635. The van der Waals surface area contributed by atoms with Crippen molar-refractivity contribution in [2.24, 2.45) is 0 Å². The third-order valence-corrected chi connectivity index (χ3v) is 4.27. The van der Waals surface area contributed by atoms with Gasteiger partial charge in [-0.25, -0.2) is 4.98 Å². The zero-order valence-electron chi connectivity index (χ0n) is 16.4. The van der Waals surface area contributed by atoms with E-state index in [1.165, 1.54) is 4.40 Å². The lowest BCUT2D eigenvalue weighted by atomic mass is 10.1. The second-order valence-corrected chi connectivity index (χ2v) is 6.24. The summed E-state index contributed by atoms with van der Waals surface area (Å²) in [7, 11) is 0. The quantitative estimate of drug-likeness (QED) is 0.708. The first kappa shape index (κ1) is 19.4. The number of hydrogen-bond acceptors (Lipinski definition) is 5. The topological polar surface area (TPSA) is 81.9 Å². The molecule has 28 heavy (non-hydrogen) atoms. The van der Waals surface area contributed by atoms with Gasteiger partial charge in [0.05, 0.1) is 18.9 Å². The predicted octanol–water partition coefficient (Wildman–Crippen LogP) is 3.36. The summed E-state index contributed by atoms with van der Waals surface area (Å²) in [5, 5.41) is 2.70. The van der Waals surface area contributed by atoms with E-state index in [0.717, 1.165) is 5.56 Å². The standard InChI is InChI=1S/C21H23N3O4/c1-5-27-16-10-9-15(12-17(16)28-6-2)20(25)23-18-14(4)22-19-13(3)8-7-11-24(19)21(18)26/h7-12H,5-6H2,1-4H3,(H,23,25). The van der Waals surface area contributed by atoms with E-state index in [0.29, 0.717) is 41.6 Å². The molecule has 0 saturated heterocycles. The molecule has 0 atom stereocenters. The Balaban J connectivity index is 1.97. The summed E-state index contributed by atoms with van der Waals surface area (Å²) >= 11 is 0. The molecule has 0 radical (unpaired) electrons. The molecule has 2 aromatic heterocycles. The Morgan fingerprint density at radius 2 is 1.82 bits per heavy atom. The second-order valence-electron chi connectivity index (χ2n) is 6.24. The molecule has 1 aromatic carbocycles. The number of carbonyl (C=O) groups is 1. The highest BCUT2D eigenvalue weighted by atomic mass is 16.5. The van der Waals surface area contributed by atoms with Crippen molar-refractivity contribution < 1.29 is 14.3 Å². The van der Waals surface area contributed by atoms with Gasteiger partial charge in [-0.15, -0.1) is 0 Å². The van der Waals surface area contributed by atoms with Crippen LogP contribution < -0.4 is 20.3 Å². The highest BCUT2D eigenvalue weighted by Crippen LogP contribution is 2.29. The number of anilines is 1. The Labute approximate surface area is 162 Å². The van der Waals surface area contributed by atoms with E-state index in [2.05, 4.69) is 10.3 Å². The van der Waals surface area contributed by atoms with E-state index in [4.69, 9.17) is 9.47 Å². The lowest BCUT2D eigenvalue weighted by Crippen LogP contribution is -2.25. The van der Waals surface area contributed by atoms with Gasteiger partial charge >= 0.3 is 0 Å². The first-order valence-corrected chi connectivity index (χ1v) is 9.15. The number of benzene rings is 1. The van der Waals surface area contributed by atoms with E-state index in [1.54, 1.807) is 37.4 Å². The van der Waals surface area contributed by atoms with Crippen molar-refractivity contribution in [1.29, 1.82) is 0 Å². The van der Waals surface area contributed by atoms with Gasteiger partial charge in [0, 0.05) is 11.8 Å². The Hall–Kier alpha value is -3.35. The third kappa shape index (κ3) is 3.69. The van der Waals surface area contributed by atoms with Crippen LogP contribution in [0.15, 0.2) is 41.3 Å². The summed E-state index contributed by atoms with van der Waals surface area (Å²) < 4.78 is 12.5. The zero-order chi connectivity index (χ0) is 20.3. The summed E-state index contributed by atoms with van der Waals surface area (Å²) in [6.45, 7) is 8.25. The molecule has 3 rings (SSSR count). The molecule has 0 aliphatic carbocycles. The van der Waals surface area contributed by atoms with Gasteiger partial charge in [0.2, 0.25) is 0 Å². The molecule has 1 amide bonds. The van der Waals surface area contributed by atoms with Crippen LogP contribution >= 0.6 is 0 Å². The SMILES string of the molecule is CCOc1ccc(C(=O)Nc2c(C)nc3c(C)cccn3c2=O)cc1OCC. The van der Waals surface area contributed by atoms with E-state index in [-0.39, 0.29) is 11.2 Å². The summed E-state index contributed by atoms with van der Waals surface area (Å²) in [6.07, 6.45) is 1.64. The molecule has 0 aliphatic rings. The number of rotatable bonds is 6. The smallest absolute Gasteiger partial charge is 0.281 e. The molecule has 146 valence electrons. The van der Waals surface area contributed by atoms with Crippen molar-refractivity contribution >= 4 is 17.2 Å². The minimum atomic E-state index is -0.418. The van der Waals surface area contributed by atoms with Crippen molar-refractivity contribution in [3.05, 3.63) is 63.7 Å². The van der Waals surface area contributed by atoms with Crippen molar-refractivity contribution in [2.45, 2.75) is 27.7 Å². The third-order valence-electron chi connectivity index (χ3n) is 4.27. The van der Waals surface area contributed by atoms with E-state index in [9.17, 15) is 9.59 Å². The molecule has 0 saturated carbocycles. The Bertz CT molecular complexity index is 1090. The number of aromatic nitrogens is 2. The molecule has 0 bridgehead atoms. The highest BCUT2D eigenvalue weighted by Gasteiger charge is 2.16. The molecule has 3 aromatic rings. The minimum Gasteiger partial charge on any atom is -0.490 e. The molecular weight excluding hydrogens is 358 g/mol. The predicted molar refractivity (Wildman–Crippen MR) is 108 cm³/mol. The van der Waals surface area contributed by atoms with Crippen LogP contribution in [0, 0.1) is 13.8 Å². The molecule has 2 heterocycles. The number of nitrogens with zero attached hydrogens (tertiary/aromatic N) is 2. The number of amides is 1. The first-order valence-electron chi connectivity index (χ1n) is 9.15. The number of aryl methyl sites for hydroxylation is 2. The lowest BCUT2D eigenvalue weighted by molar-refractivity contribution is 0.102. The van der Waals surface area contributed by atoms with Crippen molar-refractivity contribution in [2.75, 3.05) is 18.5 Å². The maximum Gasteiger partial charge on any atom is 0.281 e. The fraction of sp³-hybridized carbons (Fsp3) is 0.286. The average Bonchev–Trinajstić information content (AvgIpc) is 2.67. The van der Waals surface area contributed by atoms with Crippen molar-refractivity contribution in [1.82, 2.24) is 9.38 Å². The van der Waals surface area contributed by atoms with Crippen LogP contribution in [0.5, 0.6) is 11.5 Å².